The van der Waals surface area contributed by atoms with Crippen molar-refractivity contribution in [2.45, 2.75) is 0 Å². The zero-order valence-corrected chi connectivity index (χ0v) is 18.2. The quantitative estimate of drug-likeness (QED) is 0.290. The van der Waals surface area contributed by atoms with E-state index in [1.807, 2.05) is 42.5 Å². The molecule has 0 bridgehead atoms. The molecule has 1 amide bonds. The number of para-hydroxylation sites is 1. The van der Waals surface area contributed by atoms with Gasteiger partial charge in [-0.3, -0.25) is 4.79 Å². The van der Waals surface area contributed by atoms with E-state index in [-0.39, 0.29) is 5.91 Å². The van der Waals surface area contributed by atoms with Gasteiger partial charge in [0.1, 0.15) is 5.01 Å². The van der Waals surface area contributed by atoms with Crippen molar-refractivity contribution < 1.29 is 4.79 Å². The van der Waals surface area contributed by atoms with Crippen molar-refractivity contribution in [3.63, 3.8) is 0 Å². The molecule has 4 aromatic rings. The highest BCUT2D eigenvalue weighted by Gasteiger charge is 2.14. The second kappa shape index (κ2) is 7.75. The summed E-state index contributed by atoms with van der Waals surface area (Å²) in [5.41, 5.74) is 2.77. The molecule has 3 aromatic carbocycles. The highest BCUT2D eigenvalue weighted by Crippen LogP contribution is 2.34. The topological polar surface area (TPSA) is 42.0 Å². The van der Waals surface area contributed by atoms with Crippen LogP contribution in [0.3, 0.4) is 0 Å². The van der Waals surface area contributed by atoms with Gasteiger partial charge < -0.3 is 5.32 Å². The summed E-state index contributed by atoms with van der Waals surface area (Å²) in [6.07, 6.45) is 0. The van der Waals surface area contributed by atoms with Gasteiger partial charge in [0, 0.05) is 9.13 Å². The molecule has 0 aliphatic carbocycles. The number of amides is 1. The Kier molecular flexibility index (Phi) is 5.36. The molecule has 3 nitrogen and oxygen atoms in total. The van der Waals surface area contributed by atoms with Gasteiger partial charge in [0.2, 0.25) is 0 Å². The first kappa shape index (κ1) is 18.7. The minimum Gasteiger partial charge on any atom is -0.321 e. The van der Waals surface area contributed by atoms with Crippen molar-refractivity contribution in [3.05, 3.63) is 79.8 Å². The van der Waals surface area contributed by atoms with Crippen molar-refractivity contribution in [2.24, 2.45) is 0 Å². The summed E-state index contributed by atoms with van der Waals surface area (Å²) in [4.78, 5) is 17.3. The van der Waals surface area contributed by atoms with Crippen LogP contribution in [0.25, 0.3) is 20.8 Å². The number of benzene rings is 3. The predicted molar refractivity (Wildman–Crippen MR) is 122 cm³/mol. The second-order valence-corrected chi connectivity index (χ2v) is 8.85. The molecule has 0 spiro atoms. The standard InChI is InChI=1S/C20H11Cl2IN2OS/c21-14-8-6-12(23)10-13(14)19(26)24-17-9-11(5-7-15(17)22)20-25-16-3-1-2-4-18(16)27-20/h1-10H,(H,24,26). The second-order valence-electron chi connectivity index (χ2n) is 5.76. The fraction of sp³-hybridized carbons (Fsp3) is 0. The van der Waals surface area contributed by atoms with Gasteiger partial charge in [0.25, 0.3) is 5.91 Å². The zero-order valence-electron chi connectivity index (χ0n) is 13.7. The lowest BCUT2D eigenvalue weighted by Crippen LogP contribution is -2.13. The molecule has 4 rings (SSSR count). The van der Waals surface area contributed by atoms with Gasteiger partial charge in [-0.1, -0.05) is 41.4 Å². The summed E-state index contributed by atoms with van der Waals surface area (Å²) >= 11 is 16.2. The molecule has 0 aliphatic rings. The lowest BCUT2D eigenvalue weighted by atomic mass is 10.1. The molecule has 0 aliphatic heterocycles. The fourth-order valence-electron chi connectivity index (χ4n) is 2.61. The summed E-state index contributed by atoms with van der Waals surface area (Å²) in [6.45, 7) is 0. The number of hydrogen-bond donors (Lipinski definition) is 1. The van der Waals surface area contributed by atoms with Crippen molar-refractivity contribution in [1.82, 2.24) is 4.98 Å². The van der Waals surface area contributed by atoms with Crippen molar-refractivity contribution >= 4 is 78.9 Å². The molecular formula is C20H11Cl2IN2OS. The van der Waals surface area contributed by atoms with Crippen molar-refractivity contribution in [3.8, 4) is 10.6 Å². The minimum atomic E-state index is -0.304. The Hall–Kier alpha value is -1.67. The molecule has 0 saturated heterocycles. The summed E-state index contributed by atoms with van der Waals surface area (Å²) in [5, 5.41) is 4.58. The third kappa shape index (κ3) is 3.96. The predicted octanol–water partition coefficient (Wildman–Crippen LogP) is 7.13. The first-order chi connectivity index (χ1) is 13.0. The van der Waals surface area contributed by atoms with Gasteiger partial charge >= 0.3 is 0 Å². The molecule has 0 fully saturated rings. The van der Waals surface area contributed by atoms with E-state index in [0.29, 0.717) is 21.3 Å². The summed E-state index contributed by atoms with van der Waals surface area (Å²) in [6, 6.07) is 18.7. The molecule has 0 atom stereocenters. The maximum atomic E-state index is 12.7. The Morgan fingerprint density at radius 2 is 1.78 bits per heavy atom. The van der Waals surface area contributed by atoms with E-state index in [4.69, 9.17) is 23.2 Å². The Morgan fingerprint density at radius 1 is 1.00 bits per heavy atom. The van der Waals surface area contributed by atoms with Crippen molar-refractivity contribution in [1.29, 1.82) is 0 Å². The van der Waals surface area contributed by atoms with Gasteiger partial charge in [-0.25, -0.2) is 4.98 Å². The average molecular weight is 525 g/mol. The Labute approximate surface area is 183 Å². The number of aromatic nitrogens is 1. The van der Waals surface area contributed by atoms with E-state index in [2.05, 4.69) is 32.9 Å². The van der Waals surface area contributed by atoms with Crippen LogP contribution >= 0.6 is 57.1 Å². The van der Waals surface area contributed by atoms with Crippen LogP contribution in [0.5, 0.6) is 0 Å². The van der Waals surface area contributed by atoms with Gasteiger partial charge in [-0.05, 0) is 65.1 Å². The zero-order chi connectivity index (χ0) is 19.0. The molecule has 27 heavy (non-hydrogen) atoms. The number of carbonyl (C=O) groups is 1. The van der Waals surface area contributed by atoms with Crippen LogP contribution in [0, 0.1) is 3.57 Å². The summed E-state index contributed by atoms with van der Waals surface area (Å²) in [5.74, 6) is -0.304. The Bertz CT molecular complexity index is 1140. The van der Waals surface area contributed by atoms with E-state index in [1.54, 1.807) is 29.5 Å². The molecule has 1 heterocycles. The minimum absolute atomic E-state index is 0.304. The lowest BCUT2D eigenvalue weighted by Gasteiger charge is -2.10. The normalized spacial score (nSPS) is 10.9. The van der Waals surface area contributed by atoms with E-state index in [0.717, 1.165) is 24.4 Å². The third-order valence-corrected chi connectivity index (χ3v) is 6.34. The first-order valence-corrected chi connectivity index (χ1v) is 10.6. The number of thiazole rings is 1. The summed E-state index contributed by atoms with van der Waals surface area (Å²) < 4.78 is 2.04. The van der Waals surface area contributed by atoms with Crippen molar-refractivity contribution in [2.75, 3.05) is 5.32 Å². The van der Waals surface area contributed by atoms with E-state index in [1.165, 1.54) is 0 Å². The maximum absolute atomic E-state index is 12.7. The molecule has 7 heteroatoms. The van der Waals surface area contributed by atoms with Crippen LogP contribution in [-0.4, -0.2) is 10.9 Å². The monoisotopic (exact) mass is 524 g/mol. The number of hydrogen-bond acceptors (Lipinski definition) is 3. The molecule has 0 saturated carbocycles. The van der Waals surface area contributed by atoms with Crippen LogP contribution in [0.15, 0.2) is 60.7 Å². The van der Waals surface area contributed by atoms with Crippen LogP contribution in [-0.2, 0) is 0 Å². The molecular weight excluding hydrogens is 514 g/mol. The van der Waals surface area contributed by atoms with E-state index < -0.39 is 0 Å². The number of rotatable bonds is 3. The van der Waals surface area contributed by atoms with Gasteiger partial charge in [-0.15, -0.1) is 11.3 Å². The van der Waals surface area contributed by atoms with Crippen LogP contribution < -0.4 is 5.32 Å². The number of fused-ring (bicyclic) bond motifs is 1. The average Bonchev–Trinajstić information content (AvgIpc) is 3.09. The Balaban J connectivity index is 1.68. The van der Waals surface area contributed by atoms with Gasteiger partial charge in [0.05, 0.1) is 31.5 Å². The number of nitrogens with zero attached hydrogens (tertiary/aromatic N) is 1. The molecule has 0 unspecified atom stereocenters. The molecule has 134 valence electrons. The van der Waals surface area contributed by atoms with Gasteiger partial charge in [0.15, 0.2) is 0 Å². The SMILES string of the molecule is O=C(Nc1cc(-c2nc3ccccc3s2)ccc1Cl)c1cc(I)ccc1Cl. The van der Waals surface area contributed by atoms with E-state index >= 15 is 0 Å². The number of anilines is 1. The maximum Gasteiger partial charge on any atom is 0.257 e. The smallest absolute Gasteiger partial charge is 0.257 e. The molecule has 0 radical (unpaired) electrons. The highest BCUT2D eigenvalue weighted by atomic mass is 127. The van der Waals surface area contributed by atoms with Crippen LogP contribution in [0.4, 0.5) is 5.69 Å². The van der Waals surface area contributed by atoms with Crippen LogP contribution in [0.2, 0.25) is 10.0 Å². The first-order valence-electron chi connectivity index (χ1n) is 7.93. The fourth-order valence-corrected chi connectivity index (χ4v) is 4.43. The largest absolute Gasteiger partial charge is 0.321 e. The highest BCUT2D eigenvalue weighted by molar-refractivity contribution is 14.1. The number of nitrogens with one attached hydrogen (secondary N) is 1. The molecule has 1 N–H and O–H groups in total. The number of halogens is 3. The van der Waals surface area contributed by atoms with E-state index in [9.17, 15) is 4.79 Å². The lowest BCUT2D eigenvalue weighted by molar-refractivity contribution is 0.102. The summed E-state index contributed by atoms with van der Waals surface area (Å²) in [7, 11) is 0. The van der Waals surface area contributed by atoms with Crippen LogP contribution in [0.1, 0.15) is 10.4 Å². The number of carbonyl (C=O) groups excluding carboxylic acids is 1. The molecule has 1 aromatic heterocycles. The third-order valence-electron chi connectivity index (χ3n) is 3.93. The Morgan fingerprint density at radius 3 is 2.59 bits per heavy atom. The van der Waals surface area contributed by atoms with Gasteiger partial charge in [-0.2, -0.15) is 0 Å².